The molecular weight excluding hydrogens is 482 g/mol. The van der Waals surface area contributed by atoms with Crippen LogP contribution >= 0.6 is 0 Å². The number of benzene rings is 1. The molecule has 0 spiro atoms. The second-order valence-electron chi connectivity index (χ2n) is 9.40. The summed E-state index contributed by atoms with van der Waals surface area (Å²) in [7, 11) is 0. The molecule has 2 aliphatic heterocycles. The van der Waals surface area contributed by atoms with Crippen LogP contribution in [0.4, 0.5) is 26.2 Å². The largest absolute Gasteiger partial charge is 0.389 e. The minimum Gasteiger partial charge on any atom is -0.389 e. The number of piperazine rings is 1. The molecule has 0 bridgehead atoms. The second-order valence-corrected chi connectivity index (χ2v) is 9.40. The lowest BCUT2D eigenvalue weighted by Crippen LogP contribution is -2.46. The van der Waals surface area contributed by atoms with Crippen LogP contribution < -0.4 is 15.5 Å². The van der Waals surface area contributed by atoms with Gasteiger partial charge in [-0.15, -0.1) is 0 Å². The van der Waals surface area contributed by atoms with Gasteiger partial charge in [0.25, 0.3) is 0 Å². The normalized spacial score (nSPS) is 20.9. The van der Waals surface area contributed by atoms with E-state index in [1.165, 1.54) is 12.1 Å². The Balaban J connectivity index is 1.21. The van der Waals surface area contributed by atoms with Crippen LogP contribution in [-0.4, -0.2) is 92.9 Å². The standard InChI is InChI=1S/C25H30F2N8O2/c1-16-17(3-2-4-32-5-7-33(8-6-32)20-10-18(26)9-19(27)11-20)13-29-35(16)24-12-23(30-25(28)31-24)34-14-21(36)22(37)15-34/h2-3,9-13,21-22,36-37H,4-8,14-15H2,1H3,(H2,28,30,31)/t21-,22+. The monoisotopic (exact) mass is 512 g/mol. The van der Waals surface area contributed by atoms with Crippen LogP contribution in [0.2, 0.25) is 0 Å². The van der Waals surface area contributed by atoms with E-state index in [0.29, 0.717) is 30.4 Å². The third kappa shape index (κ3) is 5.55. The van der Waals surface area contributed by atoms with Gasteiger partial charge in [0.1, 0.15) is 17.5 Å². The zero-order valence-corrected chi connectivity index (χ0v) is 20.5. The van der Waals surface area contributed by atoms with Crippen LogP contribution in [-0.2, 0) is 0 Å². The van der Waals surface area contributed by atoms with Crippen molar-refractivity contribution in [1.82, 2.24) is 24.6 Å². The number of nitrogens with two attached hydrogens (primary N) is 1. The smallest absolute Gasteiger partial charge is 0.224 e. The highest BCUT2D eigenvalue weighted by Crippen LogP contribution is 2.23. The lowest BCUT2D eigenvalue weighted by Gasteiger charge is -2.35. The Morgan fingerprint density at radius 3 is 2.27 bits per heavy atom. The van der Waals surface area contributed by atoms with E-state index in [9.17, 15) is 19.0 Å². The minimum absolute atomic E-state index is 0.0792. The quantitative estimate of drug-likeness (QED) is 0.448. The first-order chi connectivity index (χ1) is 17.8. The summed E-state index contributed by atoms with van der Waals surface area (Å²) in [5.41, 5.74) is 8.32. The second kappa shape index (κ2) is 10.4. The van der Waals surface area contributed by atoms with E-state index in [1.807, 2.05) is 17.9 Å². The molecule has 0 unspecified atom stereocenters. The highest BCUT2D eigenvalue weighted by atomic mass is 19.1. The van der Waals surface area contributed by atoms with Crippen molar-refractivity contribution in [1.29, 1.82) is 0 Å². The summed E-state index contributed by atoms with van der Waals surface area (Å²) in [5.74, 6) is -0.0299. The topological polar surface area (TPSA) is 120 Å². The molecule has 196 valence electrons. The number of aliphatic hydroxyl groups is 2. The Kier molecular flexibility index (Phi) is 7.04. The number of nitrogens with zero attached hydrogens (tertiary/aromatic N) is 7. The number of anilines is 3. The molecule has 10 nitrogen and oxygen atoms in total. The van der Waals surface area contributed by atoms with Gasteiger partial charge in [0.2, 0.25) is 5.95 Å². The van der Waals surface area contributed by atoms with Gasteiger partial charge >= 0.3 is 0 Å². The van der Waals surface area contributed by atoms with Gasteiger partial charge in [-0.3, -0.25) is 4.90 Å². The van der Waals surface area contributed by atoms with Crippen molar-refractivity contribution in [2.24, 2.45) is 0 Å². The van der Waals surface area contributed by atoms with Crippen molar-refractivity contribution < 1.29 is 19.0 Å². The van der Waals surface area contributed by atoms with Crippen molar-refractivity contribution >= 4 is 23.5 Å². The number of aliphatic hydroxyl groups excluding tert-OH is 2. The van der Waals surface area contributed by atoms with E-state index in [-0.39, 0.29) is 19.0 Å². The molecule has 3 aromatic rings. The first kappa shape index (κ1) is 25.1. The molecule has 2 aliphatic rings. The van der Waals surface area contributed by atoms with E-state index in [1.54, 1.807) is 21.8 Å². The van der Waals surface area contributed by atoms with Gasteiger partial charge in [-0.1, -0.05) is 12.2 Å². The third-order valence-corrected chi connectivity index (χ3v) is 6.81. The maximum Gasteiger partial charge on any atom is 0.224 e. The minimum atomic E-state index is -0.838. The fourth-order valence-electron chi connectivity index (χ4n) is 4.72. The molecule has 5 rings (SSSR count). The molecule has 37 heavy (non-hydrogen) atoms. The van der Waals surface area contributed by atoms with E-state index in [4.69, 9.17) is 5.73 Å². The van der Waals surface area contributed by atoms with Crippen LogP contribution in [0.3, 0.4) is 0 Å². The number of nitrogen functional groups attached to an aromatic ring is 1. The molecule has 2 saturated heterocycles. The highest BCUT2D eigenvalue weighted by molar-refractivity contribution is 5.54. The number of β-amino-alcohol motifs (C(OH)–C–C–N with tert-alkyl or cyclic N) is 2. The summed E-state index contributed by atoms with van der Waals surface area (Å²) >= 11 is 0. The molecule has 0 aliphatic carbocycles. The Hall–Kier alpha value is -3.61. The number of aromatic nitrogens is 4. The van der Waals surface area contributed by atoms with Crippen LogP contribution in [0.25, 0.3) is 11.9 Å². The summed E-state index contributed by atoms with van der Waals surface area (Å²) < 4.78 is 28.8. The maximum atomic E-state index is 13.5. The van der Waals surface area contributed by atoms with Gasteiger partial charge in [0, 0.05) is 69.2 Å². The van der Waals surface area contributed by atoms with Crippen molar-refractivity contribution in [3.63, 3.8) is 0 Å². The molecule has 12 heteroatoms. The molecule has 0 amide bonds. The lowest BCUT2D eigenvalue weighted by molar-refractivity contribution is 0.0572. The molecule has 1 aromatic carbocycles. The number of halogens is 2. The first-order valence-corrected chi connectivity index (χ1v) is 12.2. The summed E-state index contributed by atoms with van der Waals surface area (Å²) in [6, 6.07) is 5.35. The number of rotatable bonds is 6. The molecule has 4 N–H and O–H groups in total. The van der Waals surface area contributed by atoms with Gasteiger partial charge in [-0.2, -0.15) is 15.1 Å². The molecule has 0 saturated carbocycles. The molecule has 2 aromatic heterocycles. The van der Waals surface area contributed by atoms with E-state index in [2.05, 4.69) is 26.0 Å². The molecule has 2 fully saturated rings. The summed E-state index contributed by atoms with van der Waals surface area (Å²) in [6.45, 7) is 6.14. The van der Waals surface area contributed by atoms with Gasteiger partial charge in [-0.25, -0.2) is 13.5 Å². The zero-order chi connectivity index (χ0) is 26.1. The Morgan fingerprint density at radius 2 is 1.59 bits per heavy atom. The molecule has 0 radical (unpaired) electrons. The molecular formula is C25H30F2N8O2. The maximum absolute atomic E-state index is 13.5. The van der Waals surface area contributed by atoms with Gasteiger partial charge in [0.15, 0.2) is 5.82 Å². The zero-order valence-electron chi connectivity index (χ0n) is 20.5. The Bertz CT molecular complexity index is 1260. The summed E-state index contributed by atoms with van der Waals surface area (Å²) in [6.07, 6.45) is 4.15. The first-order valence-electron chi connectivity index (χ1n) is 12.2. The van der Waals surface area contributed by atoms with Gasteiger partial charge < -0.3 is 25.7 Å². The predicted molar refractivity (Wildman–Crippen MR) is 137 cm³/mol. The summed E-state index contributed by atoms with van der Waals surface area (Å²) in [4.78, 5) is 14.6. The van der Waals surface area contributed by atoms with E-state index in [0.717, 1.165) is 37.0 Å². The number of hydrogen-bond donors (Lipinski definition) is 3. The lowest BCUT2D eigenvalue weighted by atomic mass is 10.2. The van der Waals surface area contributed by atoms with E-state index < -0.39 is 23.8 Å². The van der Waals surface area contributed by atoms with Crippen molar-refractivity contribution in [3.8, 4) is 5.82 Å². The van der Waals surface area contributed by atoms with Crippen molar-refractivity contribution in [2.45, 2.75) is 19.1 Å². The Labute approximate surface area is 213 Å². The third-order valence-electron chi connectivity index (χ3n) is 6.81. The fourth-order valence-corrected chi connectivity index (χ4v) is 4.72. The van der Waals surface area contributed by atoms with Crippen molar-refractivity contribution in [3.05, 3.63) is 59.4 Å². The number of hydrogen-bond acceptors (Lipinski definition) is 9. The molecule has 2 atom stereocenters. The Morgan fingerprint density at radius 1 is 0.946 bits per heavy atom. The van der Waals surface area contributed by atoms with Gasteiger partial charge in [0.05, 0.1) is 24.1 Å². The van der Waals surface area contributed by atoms with Crippen molar-refractivity contribution in [2.75, 3.05) is 61.3 Å². The van der Waals surface area contributed by atoms with Crippen LogP contribution in [0.15, 0.2) is 36.5 Å². The molecule has 4 heterocycles. The van der Waals surface area contributed by atoms with Crippen LogP contribution in [0.1, 0.15) is 11.3 Å². The van der Waals surface area contributed by atoms with Gasteiger partial charge in [-0.05, 0) is 19.1 Å². The highest BCUT2D eigenvalue weighted by Gasteiger charge is 2.31. The fraction of sp³-hybridized carbons (Fsp3) is 0.400. The van der Waals surface area contributed by atoms with Crippen LogP contribution in [0, 0.1) is 18.6 Å². The van der Waals surface area contributed by atoms with Crippen LogP contribution in [0.5, 0.6) is 0 Å². The average Bonchev–Trinajstić information content (AvgIpc) is 3.40. The predicted octanol–water partition coefficient (Wildman–Crippen LogP) is 1.21. The summed E-state index contributed by atoms with van der Waals surface area (Å²) in [5, 5.41) is 24.2. The van der Waals surface area contributed by atoms with E-state index >= 15 is 0 Å². The SMILES string of the molecule is Cc1c(C=CCN2CCN(c3cc(F)cc(F)c3)CC2)cnn1-c1cc(N2C[C@@H](O)[C@@H](O)C2)nc(N)n1. The average molecular weight is 513 g/mol.